The number of amides is 3. The van der Waals surface area contributed by atoms with Crippen molar-refractivity contribution >= 4 is 17.6 Å². The van der Waals surface area contributed by atoms with Crippen LogP contribution in [0.2, 0.25) is 0 Å². The molecular weight excluding hydrogens is 341 g/mol. The molecule has 0 atom stereocenters. The Hall–Kier alpha value is -3.27. The number of hydrazine groups is 2. The molecule has 2 rings (SSSR count). The Morgan fingerprint density at radius 2 is 1.52 bits per heavy atom. The van der Waals surface area contributed by atoms with E-state index < -0.39 is 24.1 Å². The van der Waals surface area contributed by atoms with Crippen molar-refractivity contribution < 1.29 is 27.5 Å². The van der Waals surface area contributed by atoms with Crippen LogP contribution in [0.5, 0.6) is 5.75 Å². The number of rotatable bonds is 5. The minimum absolute atomic E-state index is 0.0623. The first-order valence-corrected chi connectivity index (χ1v) is 6.87. The molecular formula is C15H13F3N4O3. The predicted octanol–water partition coefficient (Wildman–Crippen LogP) is 2.56. The SMILES string of the molecule is O=C(NNNC(=O)c1ccc(OC(F)(F)F)cc1)Nc1ccccc1. The molecule has 0 aliphatic rings. The van der Waals surface area contributed by atoms with Crippen molar-refractivity contribution in [3.8, 4) is 5.75 Å². The van der Waals surface area contributed by atoms with Gasteiger partial charge in [-0.05, 0) is 36.4 Å². The largest absolute Gasteiger partial charge is 0.573 e. The molecule has 0 fully saturated rings. The van der Waals surface area contributed by atoms with E-state index >= 15 is 0 Å². The minimum atomic E-state index is -4.80. The summed E-state index contributed by atoms with van der Waals surface area (Å²) >= 11 is 0. The van der Waals surface area contributed by atoms with Gasteiger partial charge in [0.25, 0.3) is 5.91 Å². The number of ether oxygens (including phenoxy) is 1. The zero-order valence-corrected chi connectivity index (χ0v) is 12.6. The van der Waals surface area contributed by atoms with Gasteiger partial charge in [-0.1, -0.05) is 18.2 Å². The Kier molecular flexibility index (Phi) is 5.79. The van der Waals surface area contributed by atoms with Crippen molar-refractivity contribution in [2.24, 2.45) is 0 Å². The summed E-state index contributed by atoms with van der Waals surface area (Å²) in [7, 11) is 0. The summed E-state index contributed by atoms with van der Waals surface area (Å²) in [6.45, 7) is 0. The highest BCUT2D eigenvalue weighted by molar-refractivity contribution is 5.94. The molecule has 132 valence electrons. The van der Waals surface area contributed by atoms with E-state index in [-0.39, 0.29) is 5.56 Å². The van der Waals surface area contributed by atoms with Crippen molar-refractivity contribution in [3.05, 3.63) is 60.2 Å². The lowest BCUT2D eigenvalue weighted by Gasteiger charge is -2.11. The lowest BCUT2D eigenvalue weighted by molar-refractivity contribution is -0.274. The van der Waals surface area contributed by atoms with Crippen LogP contribution >= 0.6 is 0 Å². The lowest BCUT2D eigenvalue weighted by Crippen LogP contribution is -2.50. The quantitative estimate of drug-likeness (QED) is 0.621. The van der Waals surface area contributed by atoms with Gasteiger partial charge in [0, 0.05) is 11.3 Å². The number of hydrogen-bond acceptors (Lipinski definition) is 4. The van der Waals surface area contributed by atoms with Gasteiger partial charge in [-0.3, -0.25) is 15.6 Å². The lowest BCUT2D eigenvalue weighted by atomic mass is 10.2. The first-order chi connectivity index (χ1) is 11.8. The van der Waals surface area contributed by atoms with E-state index in [9.17, 15) is 22.8 Å². The number of halogens is 3. The predicted molar refractivity (Wildman–Crippen MR) is 82.3 cm³/mol. The van der Waals surface area contributed by atoms with Gasteiger partial charge >= 0.3 is 12.4 Å². The van der Waals surface area contributed by atoms with Crippen LogP contribution in [0.15, 0.2) is 54.6 Å². The standard InChI is InChI=1S/C15H13F3N4O3/c16-15(17,18)25-12-8-6-10(7-9-12)13(23)20-22-21-14(24)19-11-4-2-1-3-5-11/h1-9,22H,(H,20,23)(H2,19,21,24). The van der Waals surface area contributed by atoms with Crippen LogP contribution in [0.1, 0.15) is 10.4 Å². The van der Waals surface area contributed by atoms with Gasteiger partial charge in [0.1, 0.15) is 5.75 Å². The molecule has 0 aliphatic heterocycles. The molecule has 10 heteroatoms. The maximum absolute atomic E-state index is 12.0. The maximum Gasteiger partial charge on any atom is 0.573 e. The van der Waals surface area contributed by atoms with Gasteiger partial charge in [0.2, 0.25) is 0 Å². The third-order valence-corrected chi connectivity index (χ3v) is 2.73. The van der Waals surface area contributed by atoms with Crippen molar-refractivity contribution in [3.63, 3.8) is 0 Å². The van der Waals surface area contributed by atoms with E-state index in [2.05, 4.69) is 26.4 Å². The van der Waals surface area contributed by atoms with E-state index in [1.165, 1.54) is 0 Å². The molecule has 0 aromatic heterocycles. The van der Waals surface area contributed by atoms with Crippen molar-refractivity contribution in [2.45, 2.75) is 6.36 Å². The normalized spacial score (nSPS) is 10.7. The molecule has 0 bridgehead atoms. The van der Waals surface area contributed by atoms with Crippen molar-refractivity contribution in [1.82, 2.24) is 16.4 Å². The minimum Gasteiger partial charge on any atom is -0.406 e. The highest BCUT2D eigenvalue weighted by atomic mass is 19.4. The molecule has 4 N–H and O–H groups in total. The number of nitrogens with one attached hydrogen (secondary N) is 4. The van der Waals surface area contributed by atoms with Gasteiger partial charge in [-0.25, -0.2) is 4.79 Å². The fourth-order valence-electron chi connectivity index (χ4n) is 1.71. The van der Waals surface area contributed by atoms with E-state index in [1.807, 2.05) is 0 Å². The molecule has 3 amide bonds. The van der Waals surface area contributed by atoms with E-state index in [0.717, 1.165) is 24.3 Å². The first kappa shape index (κ1) is 18.1. The van der Waals surface area contributed by atoms with E-state index in [4.69, 9.17) is 0 Å². The summed E-state index contributed by atoms with van der Waals surface area (Å²) < 4.78 is 39.8. The van der Waals surface area contributed by atoms with Gasteiger partial charge in [-0.15, -0.1) is 18.7 Å². The Labute approximate surface area is 140 Å². The molecule has 0 saturated carbocycles. The van der Waals surface area contributed by atoms with E-state index in [0.29, 0.717) is 5.69 Å². The van der Waals surface area contributed by atoms with Gasteiger partial charge in [0.05, 0.1) is 0 Å². The number of alkyl halides is 3. The molecule has 25 heavy (non-hydrogen) atoms. The summed E-state index contributed by atoms with van der Waals surface area (Å²) in [5.41, 5.74) is 7.12. The number of para-hydroxylation sites is 1. The second-order valence-electron chi connectivity index (χ2n) is 4.60. The third kappa shape index (κ3) is 6.39. The zero-order chi connectivity index (χ0) is 18.3. The summed E-state index contributed by atoms with van der Waals surface area (Å²) in [5, 5.41) is 2.50. The van der Waals surface area contributed by atoms with Crippen molar-refractivity contribution in [2.75, 3.05) is 5.32 Å². The molecule has 2 aromatic rings. The monoisotopic (exact) mass is 354 g/mol. The van der Waals surface area contributed by atoms with Crippen LogP contribution in [0.4, 0.5) is 23.7 Å². The number of carbonyl (C=O) groups excluding carboxylic acids is 2. The summed E-state index contributed by atoms with van der Waals surface area (Å²) in [6.07, 6.45) is -4.80. The number of urea groups is 1. The fraction of sp³-hybridized carbons (Fsp3) is 0.0667. The molecule has 2 aromatic carbocycles. The van der Waals surface area contributed by atoms with Crippen LogP contribution < -0.4 is 26.4 Å². The maximum atomic E-state index is 12.0. The van der Waals surface area contributed by atoms with Crippen LogP contribution in [0.25, 0.3) is 0 Å². The number of anilines is 1. The zero-order valence-electron chi connectivity index (χ0n) is 12.6. The second kappa shape index (κ2) is 8.02. The third-order valence-electron chi connectivity index (χ3n) is 2.73. The smallest absolute Gasteiger partial charge is 0.406 e. The molecule has 0 radical (unpaired) electrons. The topological polar surface area (TPSA) is 91.5 Å². The Balaban J connectivity index is 1.77. The van der Waals surface area contributed by atoms with Gasteiger partial charge in [-0.2, -0.15) is 0 Å². The molecule has 7 nitrogen and oxygen atoms in total. The molecule has 0 spiro atoms. The number of carbonyl (C=O) groups is 2. The molecule has 0 unspecified atom stereocenters. The van der Waals surface area contributed by atoms with Crippen LogP contribution in [-0.4, -0.2) is 18.3 Å². The Morgan fingerprint density at radius 3 is 2.12 bits per heavy atom. The molecule has 0 heterocycles. The first-order valence-electron chi connectivity index (χ1n) is 6.87. The Bertz CT molecular complexity index is 721. The van der Waals surface area contributed by atoms with E-state index in [1.54, 1.807) is 30.3 Å². The van der Waals surface area contributed by atoms with Gasteiger partial charge < -0.3 is 10.1 Å². The fourth-order valence-corrected chi connectivity index (χ4v) is 1.71. The second-order valence-corrected chi connectivity index (χ2v) is 4.60. The highest BCUT2D eigenvalue weighted by Gasteiger charge is 2.31. The average Bonchev–Trinajstić information content (AvgIpc) is 2.55. The van der Waals surface area contributed by atoms with Gasteiger partial charge in [0.15, 0.2) is 0 Å². The summed E-state index contributed by atoms with van der Waals surface area (Å²) in [4.78, 5) is 23.3. The molecule has 0 aliphatic carbocycles. The van der Waals surface area contributed by atoms with Crippen LogP contribution in [-0.2, 0) is 0 Å². The van der Waals surface area contributed by atoms with Crippen LogP contribution in [0.3, 0.4) is 0 Å². The number of benzene rings is 2. The average molecular weight is 354 g/mol. The summed E-state index contributed by atoms with van der Waals surface area (Å²) in [6, 6.07) is 12.2. The molecule has 0 saturated heterocycles. The summed E-state index contributed by atoms with van der Waals surface area (Å²) in [5.74, 6) is -1.11. The van der Waals surface area contributed by atoms with Crippen molar-refractivity contribution in [1.29, 1.82) is 0 Å². The van der Waals surface area contributed by atoms with Crippen LogP contribution in [0, 0.1) is 0 Å². The Morgan fingerprint density at radius 1 is 0.880 bits per heavy atom. The number of hydrogen-bond donors (Lipinski definition) is 4. The highest BCUT2D eigenvalue weighted by Crippen LogP contribution is 2.22.